The van der Waals surface area contributed by atoms with Crippen LogP contribution in [0.2, 0.25) is 0 Å². The van der Waals surface area contributed by atoms with E-state index >= 15 is 0 Å². The number of hydrogen-bond donors (Lipinski definition) is 3. The molecule has 0 bridgehead atoms. The predicted octanol–water partition coefficient (Wildman–Crippen LogP) is 2.12. The SMILES string of the molecule is CNCCN(C)Cc1cn[nH]c1-c1ccc(OC(CO)C(C)C)cc1. The third-order valence-electron chi connectivity index (χ3n) is 4.26. The highest BCUT2D eigenvalue weighted by Gasteiger charge is 2.14. The van der Waals surface area contributed by atoms with E-state index in [9.17, 15) is 5.11 Å². The van der Waals surface area contributed by atoms with Crippen LogP contribution in [0.1, 0.15) is 19.4 Å². The lowest BCUT2D eigenvalue weighted by atomic mass is 10.1. The Kier molecular flexibility index (Phi) is 7.43. The minimum Gasteiger partial charge on any atom is -0.488 e. The molecule has 0 saturated heterocycles. The van der Waals surface area contributed by atoms with Gasteiger partial charge < -0.3 is 20.1 Å². The molecule has 0 aliphatic rings. The molecule has 1 aromatic heterocycles. The van der Waals surface area contributed by atoms with Gasteiger partial charge in [0.1, 0.15) is 11.9 Å². The first-order chi connectivity index (χ1) is 12.0. The lowest BCUT2D eigenvalue weighted by Gasteiger charge is -2.20. The third-order valence-corrected chi connectivity index (χ3v) is 4.26. The maximum atomic E-state index is 9.40. The van der Waals surface area contributed by atoms with Gasteiger partial charge in [-0.15, -0.1) is 0 Å². The molecule has 0 aliphatic carbocycles. The number of rotatable bonds is 10. The molecule has 0 spiro atoms. The zero-order valence-electron chi connectivity index (χ0n) is 15.6. The Morgan fingerprint density at radius 3 is 2.60 bits per heavy atom. The fraction of sp³-hybridized carbons (Fsp3) is 0.526. The van der Waals surface area contributed by atoms with E-state index in [1.165, 1.54) is 5.56 Å². The van der Waals surface area contributed by atoms with Crippen LogP contribution < -0.4 is 10.1 Å². The van der Waals surface area contributed by atoms with Crippen molar-refractivity contribution < 1.29 is 9.84 Å². The smallest absolute Gasteiger partial charge is 0.124 e. The first-order valence-corrected chi connectivity index (χ1v) is 8.78. The average molecular weight is 346 g/mol. The Morgan fingerprint density at radius 2 is 2.00 bits per heavy atom. The Balaban J connectivity index is 2.06. The fourth-order valence-electron chi connectivity index (χ4n) is 2.61. The zero-order chi connectivity index (χ0) is 18.2. The van der Waals surface area contributed by atoms with Crippen molar-refractivity contribution in [2.75, 3.05) is 33.8 Å². The number of hydrogen-bond acceptors (Lipinski definition) is 5. The molecule has 0 saturated carbocycles. The summed E-state index contributed by atoms with van der Waals surface area (Å²) in [7, 11) is 4.06. The van der Waals surface area contributed by atoms with Gasteiger partial charge in [0.2, 0.25) is 0 Å². The second-order valence-electron chi connectivity index (χ2n) is 6.72. The van der Waals surface area contributed by atoms with E-state index in [4.69, 9.17) is 4.74 Å². The Labute approximate surface area is 150 Å². The normalized spacial score (nSPS) is 12.8. The van der Waals surface area contributed by atoms with Gasteiger partial charge in [-0.2, -0.15) is 5.10 Å². The number of benzene rings is 1. The molecule has 0 fully saturated rings. The number of aliphatic hydroxyl groups excluding tert-OH is 1. The topological polar surface area (TPSA) is 73.4 Å². The van der Waals surface area contributed by atoms with Crippen LogP contribution >= 0.6 is 0 Å². The van der Waals surface area contributed by atoms with Crippen molar-refractivity contribution in [3.8, 4) is 17.0 Å². The molecular formula is C19H30N4O2. The minimum atomic E-state index is -0.186. The van der Waals surface area contributed by atoms with Crippen LogP contribution in [-0.2, 0) is 6.54 Å². The van der Waals surface area contributed by atoms with Crippen LogP contribution in [0.25, 0.3) is 11.3 Å². The molecule has 1 heterocycles. The van der Waals surface area contributed by atoms with Gasteiger partial charge in [-0.1, -0.05) is 13.8 Å². The number of nitrogens with zero attached hydrogens (tertiary/aromatic N) is 2. The maximum Gasteiger partial charge on any atom is 0.124 e. The molecular weight excluding hydrogens is 316 g/mol. The number of nitrogens with one attached hydrogen (secondary N) is 2. The summed E-state index contributed by atoms with van der Waals surface area (Å²) in [6.07, 6.45) is 1.70. The van der Waals surface area contributed by atoms with Crippen molar-refractivity contribution in [3.63, 3.8) is 0 Å². The number of aromatic nitrogens is 2. The van der Waals surface area contributed by atoms with E-state index < -0.39 is 0 Å². The van der Waals surface area contributed by atoms with Gasteiger partial charge in [-0.05, 0) is 44.3 Å². The van der Waals surface area contributed by atoms with Gasteiger partial charge >= 0.3 is 0 Å². The maximum absolute atomic E-state index is 9.40. The summed E-state index contributed by atoms with van der Waals surface area (Å²) in [5.41, 5.74) is 3.28. The molecule has 0 aliphatic heterocycles. The van der Waals surface area contributed by atoms with E-state index in [1.807, 2.05) is 51.4 Å². The van der Waals surface area contributed by atoms with Crippen LogP contribution in [0, 0.1) is 5.92 Å². The predicted molar refractivity (Wildman–Crippen MR) is 101 cm³/mol. The van der Waals surface area contributed by atoms with Gasteiger partial charge in [0.05, 0.1) is 18.5 Å². The molecule has 1 aromatic carbocycles. The molecule has 2 aromatic rings. The van der Waals surface area contributed by atoms with Crippen molar-refractivity contribution >= 4 is 0 Å². The van der Waals surface area contributed by atoms with Crippen molar-refractivity contribution in [1.82, 2.24) is 20.4 Å². The summed E-state index contributed by atoms with van der Waals surface area (Å²) < 4.78 is 5.85. The third kappa shape index (κ3) is 5.56. The lowest BCUT2D eigenvalue weighted by molar-refractivity contribution is 0.0801. The van der Waals surface area contributed by atoms with E-state index in [1.54, 1.807) is 0 Å². The van der Waals surface area contributed by atoms with Crippen molar-refractivity contribution in [3.05, 3.63) is 36.0 Å². The van der Waals surface area contributed by atoms with Crippen LogP contribution in [0.3, 0.4) is 0 Å². The monoisotopic (exact) mass is 346 g/mol. The van der Waals surface area contributed by atoms with E-state index in [2.05, 4.69) is 27.5 Å². The van der Waals surface area contributed by atoms with E-state index in [0.29, 0.717) is 0 Å². The number of aromatic amines is 1. The molecule has 3 N–H and O–H groups in total. The quantitative estimate of drug-likeness (QED) is 0.615. The Hall–Kier alpha value is -1.89. The van der Waals surface area contributed by atoms with Gasteiger partial charge in [0.25, 0.3) is 0 Å². The van der Waals surface area contributed by atoms with Gasteiger partial charge in [0, 0.05) is 30.8 Å². The molecule has 6 heteroatoms. The Morgan fingerprint density at radius 1 is 1.28 bits per heavy atom. The lowest BCUT2D eigenvalue weighted by Crippen LogP contribution is -2.27. The molecule has 6 nitrogen and oxygen atoms in total. The summed E-state index contributed by atoms with van der Waals surface area (Å²) in [4.78, 5) is 2.26. The van der Waals surface area contributed by atoms with Crippen LogP contribution in [0.4, 0.5) is 0 Å². The number of ether oxygens (including phenoxy) is 1. The fourth-order valence-corrected chi connectivity index (χ4v) is 2.61. The second kappa shape index (κ2) is 9.56. The second-order valence-corrected chi connectivity index (χ2v) is 6.72. The molecule has 138 valence electrons. The highest BCUT2D eigenvalue weighted by molar-refractivity contribution is 5.63. The summed E-state index contributed by atoms with van der Waals surface area (Å²) in [6, 6.07) is 7.93. The molecule has 2 rings (SSSR count). The number of aliphatic hydroxyl groups is 1. The molecule has 25 heavy (non-hydrogen) atoms. The van der Waals surface area contributed by atoms with Gasteiger partial charge in [-0.25, -0.2) is 0 Å². The molecule has 1 atom stereocenters. The van der Waals surface area contributed by atoms with Crippen LogP contribution in [0.15, 0.2) is 30.5 Å². The summed E-state index contributed by atoms with van der Waals surface area (Å²) in [5.74, 6) is 1.03. The molecule has 1 unspecified atom stereocenters. The van der Waals surface area contributed by atoms with Crippen LogP contribution in [0.5, 0.6) is 5.75 Å². The Bertz CT molecular complexity index is 625. The van der Waals surface area contributed by atoms with E-state index in [0.717, 1.165) is 36.6 Å². The molecule has 0 amide bonds. The summed E-state index contributed by atoms with van der Waals surface area (Å²) in [5, 5.41) is 19.9. The van der Waals surface area contributed by atoms with E-state index in [-0.39, 0.29) is 18.6 Å². The molecule has 0 radical (unpaired) electrons. The first kappa shape index (κ1) is 19.4. The standard InChI is InChI=1S/C19H30N4O2/c1-14(2)18(13-24)25-17-7-5-15(6-8-17)19-16(11-21-22-19)12-23(4)10-9-20-3/h5-8,11,14,18,20,24H,9-10,12-13H2,1-4H3,(H,21,22). The van der Waals surface area contributed by atoms with Crippen molar-refractivity contribution in [2.24, 2.45) is 5.92 Å². The zero-order valence-corrected chi connectivity index (χ0v) is 15.6. The van der Waals surface area contributed by atoms with Gasteiger partial charge in [-0.3, -0.25) is 5.10 Å². The summed E-state index contributed by atoms with van der Waals surface area (Å²) in [6.45, 7) is 6.87. The summed E-state index contributed by atoms with van der Waals surface area (Å²) >= 11 is 0. The average Bonchev–Trinajstić information content (AvgIpc) is 3.06. The highest BCUT2D eigenvalue weighted by Crippen LogP contribution is 2.25. The first-order valence-electron chi connectivity index (χ1n) is 8.78. The minimum absolute atomic E-state index is 0.0169. The largest absolute Gasteiger partial charge is 0.488 e. The van der Waals surface area contributed by atoms with Gasteiger partial charge in [0.15, 0.2) is 0 Å². The van der Waals surface area contributed by atoms with Crippen molar-refractivity contribution in [1.29, 1.82) is 0 Å². The van der Waals surface area contributed by atoms with Crippen LogP contribution in [-0.4, -0.2) is 60.1 Å². The van der Waals surface area contributed by atoms with Crippen molar-refractivity contribution in [2.45, 2.75) is 26.5 Å². The highest BCUT2D eigenvalue weighted by atomic mass is 16.5. The number of H-pyrrole nitrogens is 1. The number of likely N-dealkylation sites (N-methyl/N-ethyl adjacent to an activating group) is 2.